The van der Waals surface area contributed by atoms with E-state index >= 15 is 0 Å². The number of hydrogen-bond donors (Lipinski definition) is 1. The van der Waals surface area contributed by atoms with E-state index in [9.17, 15) is 5.11 Å². The molecular weight excluding hydrogens is 284 g/mol. The number of anilines is 1. The number of rotatable bonds is 4. The Morgan fingerprint density at radius 3 is 2.35 bits per heavy atom. The summed E-state index contributed by atoms with van der Waals surface area (Å²) in [7, 11) is 0. The molecule has 0 bridgehead atoms. The lowest BCUT2D eigenvalue weighted by atomic mass is 10.0. The Kier molecular flexibility index (Phi) is 4.49. The molecule has 0 saturated carbocycles. The predicted molar refractivity (Wildman–Crippen MR) is 95.5 cm³/mol. The molecule has 120 valence electrons. The fourth-order valence-electron chi connectivity index (χ4n) is 3.63. The van der Waals surface area contributed by atoms with Crippen LogP contribution in [0.4, 0.5) is 5.69 Å². The molecule has 3 rings (SSSR count). The van der Waals surface area contributed by atoms with E-state index in [1.807, 2.05) is 18.2 Å². The third-order valence-electron chi connectivity index (χ3n) is 4.57. The summed E-state index contributed by atoms with van der Waals surface area (Å²) >= 11 is 0. The molecule has 1 aliphatic rings. The van der Waals surface area contributed by atoms with Gasteiger partial charge in [0.05, 0.1) is 6.61 Å². The number of hydrogen-bond acceptors (Lipinski definition) is 2. The van der Waals surface area contributed by atoms with Crippen LogP contribution < -0.4 is 4.90 Å². The van der Waals surface area contributed by atoms with E-state index in [0.717, 1.165) is 18.7 Å². The Balaban J connectivity index is 1.92. The molecule has 3 nitrogen and oxygen atoms in total. The van der Waals surface area contributed by atoms with Crippen LogP contribution in [0.15, 0.2) is 42.5 Å². The van der Waals surface area contributed by atoms with Gasteiger partial charge in [0.1, 0.15) is 24.8 Å². The standard InChI is InChI=1S/C20H25N2O/c1-15-11-16(2)20(17(3)12-15)22-10-9-21(14-22)19(13-23)18-7-5-4-6-8-18/h4-8,11-12,14,19,23H,9-10,13H2,1-3H3/q+1/t19-/m1/s1. The van der Waals surface area contributed by atoms with Crippen LogP contribution in [-0.2, 0) is 0 Å². The van der Waals surface area contributed by atoms with Gasteiger partial charge < -0.3 is 5.11 Å². The minimum atomic E-state index is 0.0206. The maximum Gasteiger partial charge on any atom is 0.240 e. The fraction of sp³-hybridized carbons (Fsp3) is 0.350. The Hall–Kier alpha value is -2.13. The van der Waals surface area contributed by atoms with E-state index in [4.69, 9.17) is 0 Å². The smallest absolute Gasteiger partial charge is 0.240 e. The first-order chi connectivity index (χ1) is 11.1. The van der Waals surface area contributed by atoms with E-state index in [2.05, 4.69) is 60.9 Å². The molecule has 1 aliphatic heterocycles. The molecule has 0 amide bonds. The van der Waals surface area contributed by atoms with Crippen LogP contribution in [0.25, 0.3) is 0 Å². The number of benzene rings is 2. The molecule has 2 aromatic carbocycles. The molecule has 0 fully saturated rings. The van der Waals surface area contributed by atoms with Gasteiger partial charge in [0.2, 0.25) is 6.34 Å². The first kappa shape index (κ1) is 15.8. The first-order valence-corrected chi connectivity index (χ1v) is 8.21. The Morgan fingerprint density at radius 1 is 1.09 bits per heavy atom. The van der Waals surface area contributed by atoms with Crippen LogP contribution in [-0.4, -0.2) is 35.7 Å². The summed E-state index contributed by atoms with van der Waals surface area (Å²) in [5.41, 5.74) is 6.37. The van der Waals surface area contributed by atoms with Crippen molar-refractivity contribution in [3.05, 3.63) is 64.7 Å². The average Bonchev–Trinajstić information content (AvgIpc) is 2.97. The molecule has 1 atom stereocenters. The zero-order valence-electron chi connectivity index (χ0n) is 14.2. The third-order valence-corrected chi connectivity index (χ3v) is 4.57. The molecule has 1 N–H and O–H groups in total. The third kappa shape index (κ3) is 3.15. The lowest BCUT2D eigenvalue weighted by molar-refractivity contribution is -0.562. The highest BCUT2D eigenvalue weighted by atomic mass is 16.3. The van der Waals surface area contributed by atoms with Crippen molar-refractivity contribution in [1.82, 2.24) is 0 Å². The second kappa shape index (κ2) is 6.55. The SMILES string of the molecule is Cc1cc(C)c(N2C=[N+]([C@H](CO)c3ccccc3)CC2)c(C)c1. The minimum Gasteiger partial charge on any atom is -0.392 e. The van der Waals surface area contributed by atoms with E-state index in [1.165, 1.54) is 22.4 Å². The molecule has 2 aromatic rings. The largest absolute Gasteiger partial charge is 0.392 e. The van der Waals surface area contributed by atoms with Crippen molar-refractivity contribution < 1.29 is 9.68 Å². The normalized spacial score (nSPS) is 15.7. The Labute approximate surface area is 138 Å². The van der Waals surface area contributed by atoms with Crippen LogP contribution in [0.2, 0.25) is 0 Å². The number of nitrogens with zero attached hydrogens (tertiary/aromatic N) is 2. The number of aryl methyl sites for hydroxylation is 3. The van der Waals surface area contributed by atoms with Gasteiger partial charge in [0, 0.05) is 0 Å². The minimum absolute atomic E-state index is 0.0206. The van der Waals surface area contributed by atoms with Gasteiger partial charge in [-0.25, -0.2) is 4.90 Å². The summed E-state index contributed by atoms with van der Waals surface area (Å²) < 4.78 is 2.24. The molecule has 1 heterocycles. The van der Waals surface area contributed by atoms with E-state index < -0.39 is 0 Å². The van der Waals surface area contributed by atoms with Crippen molar-refractivity contribution in [3.63, 3.8) is 0 Å². The molecular formula is C20H25N2O+. The predicted octanol–water partition coefficient (Wildman–Crippen LogP) is 3.21. The summed E-state index contributed by atoms with van der Waals surface area (Å²) in [4.78, 5) is 2.32. The van der Waals surface area contributed by atoms with Gasteiger partial charge in [-0.1, -0.05) is 48.0 Å². The Morgan fingerprint density at radius 2 is 1.74 bits per heavy atom. The fourth-order valence-corrected chi connectivity index (χ4v) is 3.63. The first-order valence-electron chi connectivity index (χ1n) is 8.21. The molecule has 23 heavy (non-hydrogen) atoms. The van der Waals surface area contributed by atoms with Crippen molar-refractivity contribution in [2.45, 2.75) is 26.8 Å². The lowest BCUT2D eigenvalue weighted by Crippen LogP contribution is -2.22. The molecule has 0 spiro atoms. The van der Waals surface area contributed by atoms with Gasteiger partial charge >= 0.3 is 0 Å². The van der Waals surface area contributed by atoms with Gasteiger partial charge in [0.25, 0.3) is 0 Å². The quantitative estimate of drug-likeness (QED) is 0.878. The van der Waals surface area contributed by atoms with Crippen LogP contribution in [0.5, 0.6) is 0 Å². The summed E-state index contributed by atoms with van der Waals surface area (Å²) in [6.07, 6.45) is 2.17. The second-order valence-corrected chi connectivity index (χ2v) is 6.40. The highest BCUT2D eigenvalue weighted by Crippen LogP contribution is 2.28. The van der Waals surface area contributed by atoms with Crippen LogP contribution in [0.1, 0.15) is 28.3 Å². The maximum atomic E-state index is 9.86. The molecule has 0 unspecified atom stereocenters. The van der Waals surface area contributed by atoms with Gasteiger partial charge in [-0.3, -0.25) is 4.58 Å². The zero-order chi connectivity index (χ0) is 16.4. The van der Waals surface area contributed by atoms with Gasteiger partial charge in [-0.15, -0.1) is 0 Å². The summed E-state index contributed by atoms with van der Waals surface area (Å²) in [5.74, 6) is 0. The summed E-state index contributed by atoms with van der Waals surface area (Å²) in [6, 6.07) is 14.7. The van der Waals surface area contributed by atoms with Gasteiger partial charge in [-0.05, 0) is 37.5 Å². The van der Waals surface area contributed by atoms with Gasteiger partial charge in [-0.2, -0.15) is 0 Å². The van der Waals surface area contributed by atoms with Crippen molar-refractivity contribution >= 4 is 12.0 Å². The van der Waals surface area contributed by atoms with Crippen molar-refractivity contribution in [2.24, 2.45) is 0 Å². The van der Waals surface area contributed by atoms with Crippen LogP contribution >= 0.6 is 0 Å². The van der Waals surface area contributed by atoms with E-state index in [0.29, 0.717) is 0 Å². The Bertz CT molecular complexity index is 699. The molecule has 0 radical (unpaired) electrons. The molecule has 0 saturated heterocycles. The van der Waals surface area contributed by atoms with Crippen molar-refractivity contribution in [1.29, 1.82) is 0 Å². The van der Waals surface area contributed by atoms with Crippen molar-refractivity contribution in [2.75, 3.05) is 24.6 Å². The highest BCUT2D eigenvalue weighted by molar-refractivity contribution is 5.81. The summed E-state index contributed by atoms with van der Waals surface area (Å²) in [5, 5.41) is 9.86. The maximum absolute atomic E-state index is 9.86. The highest BCUT2D eigenvalue weighted by Gasteiger charge is 2.29. The molecule has 0 aliphatic carbocycles. The zero-order valence-corrected chi connectivity index (χ0v) is 14.2. The van der Waals surface area contributed by atoms with E-state index in [1.54, 1.807) is 0 Å². The summed E-state index contributed by atoms with van der Waals surface area (Å²) in [6.45, 7) is 8.49. The topological polar surface area (TPSA) is 26.5 Å². The monoisotopic (exact) mass is 309 g/mol. The molecule has 3 heteroatoms. The second-order valence-electron chi connectivity index (χ2n) is 6.40. The van der Waals surface area contributed by atoms with Gasteiger partial charge in [0.15, 0.2) is 0 Å². The van der Waals surface area contributed by atoms with Crippen LogP contribution in [0, 0.1) is 20.8 Å². The number of aliphatic hydroxyl groups is 1. The van der Waals surface area contributed by atoms with Crippen molar-refractivity contribution in [3.8, 4) is 0 Å². The van der Waals surface area contributed by atoms with Crippen LogP contribution in [0.3, 0.4) is 0 Å². The van der Waals surface area contributed by atoms with E-state index in [-0.39, 0.29) is 12.6 Å². The average molecular weight is 309 g/mol. The lowest BCUT2D eigenvalue weighted by Gasteiger charge is -2.14. The number of aliphatic hydroxyl groups excluding tert-OH is 1. The molecule has 0 aromatic heterocycles.